The van der Waals surface area contributed by atoms with Crippen molar-refractivity contribution in [1.29, 1.82) is 0 Å². The number of ether oxygens (including phenoxy) is 1. The molecule has 7 nitrogen and oxygen atoms in total. The highest BCUT2D eigenvalue weighted by Crippen LogP contribution is 2.46. The minimum absolute atomic E-state index is 0.196. The molecule has 1 aromatic carbocycles. The fourth-order valence-electron chi connectivity index (χ4n) is 4.60. The van der Waals surface area contributed by atoms with E-state index in [4.69, 9.17) is 9.84 Å². The van der Waals surface area contributed by atoms with Crippen LogP contribution in [-0.4, -0.2) is 41.6 Å². The first-order valence-electron chi connectivity index (χ1n) is 11.1. The molecular weight excluding hydrogens is 396 g/mol. The van der Waals surface area contributed by atoms with Crippen LogP contribution in [0.25, 0.3) is 0 Å². The summed E-state index contributed by atoms with van der Waals surface area (Å²) in [4.78, 5) is 34.8. The van der Waals surface area contributed by atoms with Gasteiger partial charge in [0, 0.05) is 18.7 Å². The maximum absolute atomic E-state index is 12.1. The number of carboxylic acids is 1. The van der Waals surface area contributed by atoms with Crippen LogP contribution in [-0.2, 0) is 19.1 Å². The Balaban J connectivity index is 1.41. The summed E-state index contributed by atoms with van der Waals surface area (Å²) in [7, 11) is 0. The number of carbonyl (C=O) groups excluding carboxylic acids is 2. The Morgan fingerprint density at radius 2 is 1.77 bits per heavy atom. The first kappa shape index (κ1) is 23.0. The van der Waals surface area contributed by atoms with E-state index in [1.807, 2.05) is 19.1 Å². The van der Waals surface area contributed by atoms with Gasteiger partial charge in [-0.3, -0.25) is 14.4 Å². The van der Waals surface area contributed by atoms with Crippen molar-refractivity contribution in [2.24, 2.45) is 11.8 Å². The third-order valence-electron chi connectivity index (χ3n) is 6.21. The standard InChI is InChI=1S/C24H32N2O5/c1-16-8-10-17(11-9-16)26-24(30)23(29)25-15-14-19-18(20-12-13-21(19)31-20)6-4-2-3-5-7-22(27)28/h2,4,8-11,18-21H,3,5-7,12-15H2,1H3,(H,25,29)(H,26,30)(H,27,28)/b4-2-/t18-,19+,20-,21+/m1/s1. The number of benzene rings is 1. The van der Waals surface area contributed by atoms with Crippen molar-refractivity contribution in [1.82, 2.24) is 5.32 Å². The van der Waals surface area contributed by atoms with E-state index in [-0.39, 0.29) is 18.6 Å². The first-order chi connectivity index (χ1) is 14.9. The SMILES string of the molecule is Cc1ccc(NC(=O)C(=O)NCC[C@H]2[C@@H](C/C=C\CCCC(=O)O)[C@H]3CC[C@@H]2O3)cc1. The zero-order chi connectivity index (χ0) is 22.2. The van der Waals surface area contributed by atoms with Crippen LogP contribution in [0.3, 0.4) is 0 Å². The number of unbranched alkanes of at least 4 members (excludes halogenated alkanes) is 1. The maximum atomic E-state index is 12.1. The van der Waals surface area contributed by atoms with Gasteiger partial charge in [0.2, 0.25) is 0 Å². The van der Waals surface area contributed by atoms with Gasteiger partial charge in [0.15, 0.2) is 0 Å². The summed E-state index contributed by atoms with van der Waals surface area (Å²) < 4.78 is 6.10. The summed E-state index contributed by atoms with van der Waals surface area (Å²) in [5.74, 6) is -1.27. The second kappa shape index (κ2) is 11.1. The van der Waals surface area contributed by atoms with Crippen molar-refractivity contribution >= 4 is 23.5 Å². The number of rotatable bonds is 10. The van der Waals surface area contributed by atoms with Crippen molar-refractivity contribution in [3.63, 3.8) is 0 Å². The van der Waals surface area contributed by atoms with Gasteiger partial charge in [0.1, 0.15) is 0 Å². The number of allylic oxidation sites excluding steroid dienone is 2. The van der Waals surface area contributed by atoms with Gasteiger partial charge in [-0.2, -0.15) is 0 Å². The highest BCUT2D eigenvalue weighted by molar-refractivity contribution is 6.39. The number of aryl methyl sites for hydroxylation is 1. The van der Waals surface area contributed by atoms with Gasteiger partial charge in [-0.25, -0.2) is 0 Å². The fourth-order valence-corrected chi connectivity index (χ4v) is 4.60. The van der Waals surface area contributed by atoms with Crippen LogP contribution in [0.5, 0.6) is 0 Å². The molecule has 7 heteroatoms. The van der Waals surface area contributed by atoms with Crippen LogP contribution in [0, 0.1) is 18.8 Å². The Labute approximate surface area is 183 Å². The molecule has 0 unspecified atom stereocenters. The number of hydrogen-bond acceptors (Lipinski definition) is 4. The predicted octanol–water partition coefficient (Wildman–Crippen LogP) is 3.43. The molecule has 0 aromatic heterocycles. The van der Waals surface area contributed by atoms with E-state index in [0.717, 1.165) is 37.7 Å². The van der Waals surface area contributed by atoms with E-state index in [1.54, 1.807) is 12.1 Å². The quantitative estimate of drug-likeness (QED) is 0.301. The number of anilines is 1. The molecule has 4 atom stereocenters. The normalized spacial score (nSPS) is 24.4. The Bertz CT molecular complexity index is 805. The molecule has 2 saturated heterocycles. The lowest BCUT2D eigenvalue weighted by Gasteiger charge is -2.27. The molecule has 3 N–H and O–H groups in total. The number of carboxylic acid groups (broad SMARTS) is 1. The minimum atomic E-state index is -0.760. The van der Waals surface area contributed by atoms with Crippen molar-refractivity contribution in [3.8, 4) is 0 Å². The van der Waals surface area contributed by atoms with E-state index in [2.05, 4.69) is 22.8 Å². The van der Waals surface area contributed by atoms with E-state index in [9.17, 15) is 14.4 Å². The van der Waals surface area contributed by atoms with E-state index in [1.165, 1.54) is 0 Å². The second-order valence-electron chi connectivity index (χ2n) is 8.48. The smallest absolute Gasteiger partial charge is 0.313 e. The molecule has 31 heavy (non-hydrogen) atoms. The van der Waals surface area contributed by atoms with Crippen molar-refractivity contribution in [2.45, 2.75) is 64.1 Å². The van der Waals surface area contributed by atoms with Crippen LogP contribution in [0.15, 0.2) is 36.4 Å². The maximum Gasteiger partial charge on any atom is 0.313 e. The molecule has 0 radical (unpaired) electrons. The largest absolute Gasteiger partial charge is 0.481 e. The summed E-state index contributed by atoms with van der Waals surface area (Å²) in [5.41, 5.74) is 1.68. The molecule has 2 heterocycles. The molecule has 0 aliphatic carbocycles. The van der Waals surface area contributed by atoms with Crippen molar-refractivity contribution in [3.05, 3.63) is 42.0 Å². The van der Waals surface area contributed by atoms with Gasteiger partial charge < -0.3 is 20.5 Å². The van der Waals surface area contributed by atoms with Crippen molar-refractivity contribution < 1.29 is 24.2 Å². The third kappa shape index (κ3) is 6.66. The Kier molecular flexibility index (Phi) is 8.23. The van der Waals surface area contributed by atoms with Crippen LogP contribution in [0.2, 0.25) is 0 Å². The Morgan fingerprint density at radius 3 is 2.48 bits per heavy atom. The molecular formula is C24H32N2O5. The van der Waals surface area contributed by atoms with Gasteiger partial charge in [-0.1, -0.05) is 29.8 Å². The van der Waals surface area contributed by atoms with Gasteiger partial charge in [-0.15, -0.1) is 0 Å². The van der Waals surface area contributed by atoms with Crippen molar-refractivity contribution in [2.75, 3.05) is 11.9 Å². The number of fused-ring (bicyclic) bond motifs is 2. The average Bonchev–Trinajstić information content (AvgIpc) is 3.34. The second-order valence-corrected chi connectivity index (χ2v) is 8.48. The first-order valence-corrected chi connectivity index (χ1v) is 11.1. The number of nitrogens with one attached hydrogen (secondary N) is 2. The number of hydrogen-bond donors (Lipinski definition) is 3. The Hall–Kier alpha value is -2.67. The zero-order valence-corrected chi connectivity index (χ0v) is 18.0. The number of amides is 2. The van der Waals surface area contributed by atoms with E-state index in [0.29, 0.717) is 30.5 Å². The predicted molar refractivity (Wildman–Crippen MR) is 118 cm³/mol. The molecule has 2 bridgehead atoms. The number of aliphatic carboxylic acids is 1. The monoisotopic (exact) mass is 428 g/mol. The molecule has 2 aliphatic heterocycles. The zero-order valence-electron chi connectivity index (χ0n) is 18.0. The van der Waals surface area contributed by atoms with E-state index < -0.39 is 17.8 Å². The molecule has 1 aromatic rings. The van der Waals surface area contributed by atoms with Gasteiger partial charge >= 0.3 is 17.8 Å². The average molecular weight is 429 g/mol. The van der Waals surface area contributed by atoms with Crippen LogP contribution >= 0.6 is 0 Å². The molecule has 2 aliphatic rings. The molecule has 3 rings (SSSR count). The minimum Gasteiger partial charge on any atom is -0.481 e. The molecule has 0 saturated carbocycles. The molecule has 2 fully saturated rings. The highest BCUT2D eigenvalue weighted by atomic mass is 16.5. The lowest BCUT2D eigenvalue weighted by molar-refractivity contribution is -0.137. The molecule has 2 amide bonds. The van der Waals surface area contributed by atoms with Crippen LogP contribution in [0.4, 0.5) is 5.69 Å². The summed E-state index contributed by atoms with van der Waals surface area (Å²) in [6.45, 7) is 2.40. The summed E-state index contributed by atoms with van der Waals surface area (Å²) in [5, 5.41) is 14.0. The molecule has 168 valence electrons. The lowest BCUT2D eigenvalue weighted by atomic mass is 9.76. The molecule has 0 spiro atoms. The summed E-state index contributed by atoms with van der Waals surface area (Å²) in [6, 6.07) is 7.30. The topological polar surface area (TPSA) is 105 Å². The summed E-state index contributed by atoms with van der Waals surface area (Å²) >= 11 is 0. The van der Waals surface area contributed by atoms with Gasteiger partial charge in [0.25, 0.3) is 0 Å². The van der Waals surface area contributed by atoms with E-state index >= 15 is 0 Å². The van der Waals surface area contributed by atoms with Gasteiger partial charge in [-0.05, 0) is 69.4 Å². The van der Waals surface area contributed by atoms with Crippen LogP contribution < -0.4 is 10.6 Å². The fraction of sp³-hybridized carbons (Fsp3) is 0.542. The Morgan fingerprint density at radius 1 is 1.06 bits per heavy atom. The van der Waals surface area contributed by atoms with Crippen LogP contribution in [0.1, 0.15) is 50.5 Å². The third-order valence-corrected chi connectivity index (χ3v) is 6.21. The van der Waals surface area contributed by atoms with Gasteiger partial charge in [0.05, 0.1) is 12.2 Å². The lowest BCUT2D eigenvalue weighted by Crippen LogP contribution is -2.38. The highest BCUT2D eigenvalue weighted by Gasteiger charge is 2.47. The number of carbonyl (C=O) groups is 3. The summed E-state index contributed by atoms with van der Waals surface area (Å²) in [6.07, 6.45) is 10.1.